The van der Waals surface area contributed by atoms with Crippen LogP contribution in [0.25, 0.3) is 0 Å². The molecule has 4 heteroatoms. The van der Waals surface area contributed by atoms with Crippen molar-refractivity contribution in [2.24, 2.45) is 0 Å². The summed E-state index contributed by atoms with van der Waals surface area (Å²) in [5.41, 5.74) is 0.822. The second-order valence-electron chi connectivity index (χ2n) is 2.96. The third-order valence-electron chi connectivity index (χ3n) is 1.69. The summed E-state index contributed by atoms with van der Waals surface area (Å²) in [6.07, 6.45) is 0.978. The van der Waals surface area contributed by atoms with Gasteiger partial charge < -0.3 is 10.1 Å². The number of hydrogen-bond donors (Lipinski definition) is 1. The molecule has 1 aromatic rings. The van der Waals surface area contributed by atoms with Gasteiger partial charge in [-0.05, 0) is 19.5 Å². The summed E-state index contributed by atoms with van der Waals surface area (Å²) in [7, 11) is 1.86. The average molecular weight is 215 g/mol. The van der Waals surface area contributed by atoms with E-state index in [-0.39, 0.29) is 0 Å². The fraction of sp³-hybridized carbons (Fsp3) is 0.500. The molecule has 1 N–H and O–H groups in total. The fourth-order valence-corrected chi connectivity index (χ4v) is 1.21. The molecular formula is C10H15ClN2O. The summed E-state index contributed by atoms with van der Waals surface area (Å²) >= 11 is 5.95. The van der Waals surface area contributed by atoms with Crippen molar-refractivity contribution in [1.82, 2.24) is 10.3 Å². The second-order valence-corrected chi connectivity index (χ2v) is 3.36. The molecule has 0 radical (unpaired) electrons. The van der Waals surface area contributed by atoms with Gasteiger partial charge in [-0.15, -0.1) is 0 Å². The molecule has 0 saturated carbocycles. The van der Waals surface area contributed by atoms with Gasteiger partial charge in [0, 0.05) is 12.6 Å². The first-order chi connectivity index (χ1) is 6.77. The number of aromatic nitrogens is 1. The van der Waals surface area contributed by atoms with Crippen molar-refractivity contribution in [3.8, 4) is 5.88 Å². The van der Waals surface area contributed by atoms with Gasteiger partial charge in [0.05, 0.1) is 17.3 Å². The standard InChI is InChI=1S/C10H15ClN2O/c1-3-6-14-10-5-4-8(11)9(13-10)7-12-2/h4-5,12H,3,6-7H2,1-2H3. The molecule has 3 nitrogen and oxygen atoms in total. The number of rotatable bonds is 5. The number of halogens is 1. The molecule has 1 rings (SSSR count). The van der Waals surface area contributed by atoms with Crippen LogP contribution in [0.1, 0.15) is 19.0 Å². The lowest BCUT2D eigenvalue weighted by atomic mass is 10.3. The zero-order valence-corrected chi connectivity index (χ0v) is 9.27. The van der Waals surface area contributed by atoms with Crippen LogP contribution >= 0.6 is 11.6 Å². The molecule has 0 aliphatic carbocycles. The molecule has 0 saturated heterocycles. The molecule has 0 aliphatic rings. The highest BCUT2D eigenvalue weighted by Gasteiger charge is 2.03. The van der Waals surface area contributed by atoms with E-state index in [9.17, 15) is 0 Å². The summed E-state index contributed by atoms with van der Waals surface area (Å²) in [5, 5.41) is 3.68. The Hall–Kier alpha value is -0.800. The Bertz CT molecular complexity index is 291. The first kappa shape index (κ1) is 11.3. The number of ether oxygens (including phenoxy) is 1. The molecule has 0 aromatic carbocycles. The number of hydrogen-bond acceptors (Lipinski definition) is 3. The summed E-state index contributed by atoms with van der Waals surface area (Å²) in [6.45, 7) is 3.40. The predicted molar refractivity (Wildman–Crippen MR) is 57.8 cm³/mol. The van der Waals surface area contributed by atoms with Crippen molar-refractivity contribution in [2.75, 3.05) is 13.7 Å². The van der Waals surface area contributed by atoms with Gasteiger partial charge in [-0.1, -0.05) is 18.5 Å². The minimum absolute atomic E-state index is 0.640. The number of nitrogens with zero attached hydrogens (tertiary/aromatic N) is 1. The van der Waals surface area contributed by atoms with Crippen molar-refractivity contribution < 1.29 is 4.74 Å². The molecule has 0 unspecified atom stereocenters. The molecule has 1 aromatic heterocycles. The topological polar surface area (TPSA) is 34.1 Å². The van der Waals surface area contributed by atoms with E-state index in [0.29, 0.717) is 24.1 Å². The maximum absolute atomic E-state index is 5.95. The monoisotopic (exact) mass is 214 g/mol. The van der Waals surface area contributed by atoms with Crippen LogP contribution in [-0.2, 0) is 6.54 Å². The van der Waals surface area contributed by atoms with Crippen LogP contribution in [0, 0.1) is 0 Å². The van der Waals surface area contributed by atoms with Crippen LogP contribution in [-0.4, -0.2) is 18.6 Å². The van der Waals surface area contributed by atoms with Gasteiger partial charge in [-0.2, -0.15) is 0 Å². The van der Waals surface area contributed by atoms with Gasteiger partial charge in [0.2, 0.25) is 5.88 Å². The van der Waals surface area contributed by atoms with Crippen LogP contribution < -0.4 is 10.1 Å². The van der Waals surface area contributed by atoms with E-state index in [4.69, 9.17) is 16.3 Å². The van der Waals surface area contributed by atoms with E-state index in [1.165, 1.54) is 0 Å². The summed E-state index contributed by atoms with van der Waals surface area (Å²) in [5.74, 6) is 0.640. The minimum Gasteiger partial charge on any atom is -0.478 e. The van der Waals surface area contributed by atoms with Crippen LogP contribution in [0.4, 0.5) is 0 Å². The zero-order valence-electron chi connectivity index (χ0n) is 8.51. The Morgan fingerprint density at radius 1 is 1.50 bits per heavy atom. The average Bonchev–Trinajstić information content (AvgIpc) is 2.19. The maximum Gasteiger partial charge on any atom is 0.213 e. The maximum atomic E-state index is 5.95. The van der Waals surface area contributed by atoms with Crippen molar-refractivity contribution in [2.45, 2.75) is 19.9 Å². The lowest BCUT2D eigenvalue weighted by Gasteiger charge is -2.07. The summed E-state index contributed by atoms with van der Waals surface area (Å²) < 4.78 is 5.40. The zero-order chi connectivity index (χ0) is 10.4. The molecule has 78 valence electrons. The normalized spacial score (nSPS) is 10.2. The van der Waals surface area contributed by atoms with Crippen LogP contribution in [0.2, 0.25) is 5.02 Å². The fourth-order valence-electron chi connectivity index (χ4n) is 1.04. The molecule has 0 spiro atoms. The van der Waals surface area contributed by atoms with Crippen LogP contribution in [0.15, 0.2) is 12.1 Å². The first-order valence-corrected chi connectivity index (χ1v) is 5.08. The van der Waals surface area contributed by atoms with Crippen molar-refractivity contribution in [1.29, 1.82) is 0 Å². The van der Waals surface area contributed by atoms with Crippen molar-refractivity contribution in [3.63, 3.8) is 0 Å². The molecule has 0 aliphatic heterocycles. The molecule has 0 fully saturated rings. The van der Waals surface area contributed by atoms with E-state index >= 15 is 0 Å². The lowest BCUT2D eigenvalue weighted by molar-refractivity contribution is 0.304. The Labute approximate surface area is 89.4 Å². The SMILES string of the molecule is CCCOc1ccc(Cl)c(CNC)n1. The smallest absolute Gasteiger partial charge is 0.213 e. The quantitative estimate of drug-likeness (QED) is 0.817. The highest BCUT2D eigenvalue weighted by Crippen LogP contribution is 2.17. The van der Waals surface area contributed by atoms with Gasteiger partial charge in [0.1, 0.15) is 0 Å². The van der Waals surface area contributed by atoms with Crippen LogP contribution in [0.5, 0.6) is 5.88 Å². The third kappa shape index (κ3) is 3.16. The minimum atomic E-state index is 0.640. The van der Waals surface area contributed by atoms with E-state index in [2.05, 4.69) is 17.2 Å². The van der Waals surface area contributed by atoms with E-state index < -0.39 is 0 Å². The molecule has 1 heterocycles. The Balaban J connectivity index is 2.72. The molecule has 0 amide bonds. The molecule has 0 bridgehead atoms. The first-order valence-electron chi connectivity index (χ1n) is 4.70. The number of pyridine rings is 1. The largest absolute Gasteiger partial charge is 0.478 e. The van der Waals surface area contributed by atoms with E-state index in [1.54, 1.807) is 6.07 Å². The second kappa shape index (κ2) is 5.83. The van der Waals surface area contributed by atoms with E-state index in [1.807, 2.05) is 13.1 Å². The summed E-state index contributed by atoms with van der Waals surface area (Å²) in [6, 6.07) is 3.60. The van der Waals surface area contributed by atoms with Crippen LogP contribution in [0.3, 0.4) is 0 Å². The Morgan fingerprint density at radius 2 is 2.29 bits per heavy atom. The van der Waals surface area contributed by atoms with Gasteiger partial charge in [-0.3, -0.25) is 0 Å². The van der Waals surface area contributed by atoms with Crippen molar-refractivity contribution in [3.05, 3.63) is 22.8 Å². The van der Waals surface area contributed by atoms with Gasteiger partial charge >= 0.3 is 0 Å². The van der Waals surface area contributed by atoms with Gasteiger partial charge in [0.15, 0.2) is 0 Å². The third-order valence-corrected chi connectivity index (χ3v) is 2.04. The highest BCUT2D eigenvalue weighted by atomic mass is 35.5. The lowest BCUT2D eigenvalue weighted by Crippen LogP contribution is -2.08. The predicted octanol–water partition coefficient (Wildman–Crippen LogP) is 2.24. The van der Waals surface area contributed by atoms with Gasteiger partial charge in [-0.25, -0.2) is 4.98 Å². The highest BCUT2D eigenvalue weighted by molar-refractivity contribution is 6.31. The molecular weight excluding hydrogens is 200 g/mol. The Morgan fingerprint density at radius 3 is 2.93 bits per heavy atom. The molecule has 14 heavy (non-hydrogen) atoms. The molecule has 0 atom stereocenters. The Kier molecular flexibility index (Phi) is 4.70. The summed E-state index contributed by atoms with van der Waals surface area (Å²) in [4.78, 5) is 4.28. The van der Waals surface area contributed by atoms with E-state index in [0.717, 1.165) is 12.1 Å². The van der Waals surface area contributed by atoms with Crippen molar-refractivity contribution >= 4 is 11.6 Å². The van der Waals surface area contributed by atoms with Gasteiger partial charge in [0.25, 0.3) is 0 Å². The number of nitrogens with one attached hydrogen (secondary N) is 1.